The Balaban J connectivity index is 1.78. The maximum atomic E-state index is 12.4. The van der Waals surface area contributed by atoms with Crippen LogP contribution in [0.5, 0.6) is 0 Å². The number of nitrogens with one attached hydrogen (secondary N) is 2. The molecule has 0 unspecified atom stereocenters. The van der Waals surface area contributed by atoms with Crippen molar-refractivity contribution in [3.05, 3.63) is 74.9 Å². The van der Waals surface area contributed by atoms with Gasteiger partial charge in [-0.25, -0.2) is 0 Å². The lowest BCUT2D eigenvalue weighted by Gasteiger charge is -2.08. The number of non-ortho nitro benzene ring substituents is 1. The van der Waals surface area contributed by atoms with Crippen LogP contribution in [0.25, 0.3) is 10.9 Å². The van der Waals surface area contributed by atoms with Crippen LogP contribution >= 0.6 is 11.6 Å². The molecular formula is C17H13ClN4O4. The Morgan fingerprint density at radius 2 is 1.73 bits per heavy atom. The van der Waals surface area contributed by atoms with E-state index < -0.39 is 16.7 Å². The van der Waals surface area contributed by atoms with E-state index in [-0.39, 0.29) is 16.3 Å². The number of halogens is 1. The molecule has 0 aliphatic heterocycles. The van der Waals surface area contributed by atoms with Crippen molar-refractivity contribution < 1.29 is 14.5 Å². The third-order valence-corrected chi connectivity index (χ3v) is 4.17. The lowest BCUT2D eigenvalue weighted by Crippen LogP contribution is -2.41. The Kier molecular flexibility index (Phi) is 4.59. The van der Waals surface area contributed by atoms with Crippen molar-refractivity contribution in [3.63, 3.8) is 0 Å². The number of rotatable bonds is 3. The molecule has 0 saturated heterocycles. The minimum Gasteiger partial charge on any atom is -0.350 e. The smallest absolute Gasteiger partial charge is 0.271 e. The van der Waals surface area contributed by atoms with Crippen LogP contribution in [0, 0.1) is 10.1 Å². The zero-order valence-electron chi connectivity index (χ0n) is 13.5. The van der Waals surface area contributed by atoms with Gasteiger partial charge in [-0.05, 0) is 12.1 Å². The van der Waals surface area contributed by atoms with Gasteiger partial charge in [-0.2, -0.15) is 0 Å². The fourth-order valence-electron chi connectivity index (χ4n) is 2.57. The van der Waals surface area contributed by atoms with Crippen molar-refractivity contribution in [3.8, 4) is 0 Å². The van der Waals surface area contributed by atoms with Gasteiger partial charge in [0.1, 0.15) is 0 Å². The van der Waals surface area contributed by atoms with Gasteiger partial charge in [0.25, 0.3) is 17.5 Å². The highest BCUT2D eigenvalue weighted by atomic mass is 35.5. The summed E-state index contributed by atoms with van der Waals surface area (Å²) in [5, 5.41) is 11.6. The van der Waals surface area contributed by atoms with E-state index in [1.165, 1.54) is 12.1 Å². The summed E-state index contributed by atoms with van der Waals surface area (Å²) in [6.45, 7) is 0. The molecule has 0 radical (unpaired) electrons. The summed E-state index contributed by atoms with van der Waals surface area (Å²) < 4.78 is 1.80. The first-order valence-corrected chi connectivity index (χ1v) is 7.85. The van der Waals surface area contributed by atoms with E-state index >= 15 is 0 Å². The first-order valence-electron chi connectivity index (χ1n) is 7.47. The second kappa shape index (κ2) is 6.85. The first-order chi connectivity index (χ1) is 12.4. The summed E-state index contributed by atoms with van der Waals surface area (Å²) in [4.78, 5) is 34.8. The van der Waals surface area contributed by atoms with Crippen molar-refractivity contribution in [2.45, 2.75) is 0 Å². The maximum Gasteiger partial charge on any atom is 0.271 e. The molecule has 8 nitrogen and oxygen atoms in total. The van der Waals surface area contributed by atoms with Crippen LogP contribution in [0.4, 0.5) is 5.69 Å². The monoisotopic (exact) mass is 372 g/mol. The molecule has 0 spiro atoms. The number of fused-ring (bicyclic) bond motifs is 1. The van der Waals surface area contributed by atoms with Crippen molar-refractivity contribution in [1.29, 1.82) is 0 Å². The predicted octanol–water partition coefficient (Wildman–Crippen LogP) is 2.81. The van der Waals surface area contributed by atoms with Crippen molar-refractivity contribution in [2.75, 3.05) is 0 Å². The number of hydrazine groups is 1. The highest BCUT2D eigenvalue weighted by molar-refractivity contribution is 6.34. The lowest BCUT2D eigenvalue weighted by atomic mass is 10.1. The molecule has 0 saturated carbocycles. The van der Waals surface area contributed by atoms with E-state index in [0.29, 0.717) is 5.56 Å². The molecule has 1 aromatic heterocycles. The summed E-state index contributed by atoms with van der Waals surface area (Å²) in [6.07, 6.45) is 1.65. The second-order valence-electron chi connectivity index (χ2n) is 5.50. The minimum atomic E-state index is -0.757. The molecule has 3 rings (SSSR count). The van der Waals surface area contributed by atoms with Crippen LogP contribution in [0.2, 0.25) is 5.02 Å². The van der Waals surface area contributed by atoms with Gasteiger partial charge in [-0.3, -0.25) is 30.6 Å². The molecule has 2 aromatic carbocycles. The van der Waals surface area contributed by atoms with Crippen LogP contribution in [-0.2, 0) is 7.05 Å². The fourth-order valence-corrected chi connectivity index (χ4v) is 2.78. The topological polar surface area (TPSA) is 106 Å². The van der Waals surface area contributed by atoms with Crippen LogP contribution in [0.1, 0.15) is 20.7 Å². The van der Waals surface area contributed by atoms with Gasteiger partial charge >= 0.3 is 0 Å². The SMILES string of the molecule is Cn1cc(C(=O)NNC(=O)c2cc([N+](=O)[O-])ccc2Cl)c2ccccc21. The molecule has 0 fully saturated rings. The van der Waals surface area contributed by atoms with E-state index in [1.54, 1.807) is 29.9 Å². The average molecular weight is 373 g/mol. The fraction of sp³-hybridized carbons (Fsp3) is 0.0588. The van der Waals surface area contributed by atoms with Crippen molar-refractivity contribution in [1.82, 2.24) is 15.4 Å². The van der Waals surface area contributed by atoms with Gasteiger partial charge < -0.3 is 4.57 Å². The standard InChI is InChI=1S/C17H13ClN4O4/c1-21-9-13(11-4-2-3-5-15(11)21)17(24)20-19-16(23)12-8-10(22(25)26)6-7-14(12)18/h2-9H,1H3,(H,19,23)(H,20,24). The highest BCUT2D eigenvalue weighted by Gasteiger charge is 2.18. The first kappa shape index (κ1) is 17.4. The number of carbonyl (C=O) groups excluding carboxylic acids is 2. The predicted molar refractivity (Wildman–Crippen MR) is 96.0 cm³/mol. The van der Waals surface area contributed by atoms with Gasteiger partial charge in [0, 0.05) is 36.3 Å². The number of nitro benzene ring substituents is 1. The molecule has 2 amide bonds. The summed E-state index contributed by atoms with van der Waals surface area (Å²) in [6, 6.07) is 10.8. The molecule has 2 N–H and O–H groups in total. The zero-order chi connectivity index (χ0) is 18.8. The van der Waals surface area contributed by atoms with E-state index in [9.17, 15) is 19.7 Å². The molecule has 26 heavy (non-hydrogen) atoms. The third-order valence-electron chi connectivity index (χ3n) is 3.84. The minimum absolute atomic E-state index is 0.0347. The molecular weight excluding hydrogens is 360 g/mol. The number of carbonyl (C=O) groups is 2. The summed E-state index contributed by atoms with van der Waals surface area (Å²) in [5.74, 6) is -1.27. The Bertz CT molecular complexity index is 1040. The van der Waals surface area contributed by atoms with Gasteiger partial charge in [0.15, 0.2) is 0 Å². The number of aryl methyl sites for hydroxylation is 1. The maximum absolute atomic E-state index is 12.4. The lowest BCUT2D eigenvalue weighted by molar-refractivity contribution is -0.384. The summed E-state index contributed by atoms with van der Waals surface area (Å²) >= 11 is 5.91. The van der Waals surface area contributed by atoms with E-state index in [2.05, 4.69) is 10.9 Å². The Labute approximate surface area is 152 Å². The van der Waals surface area contributed by atoms with Gasteiger partial charge in [0.2, 0.25) is 0 Å². The normalized spacial score (nSPS) is 10.5. The van der Waals surface area contributed by atoms with Gasteiger partial charge in [0.05, 0.1) is 21.1 Å². The average Bonchev–Trinajstić information content (AvgIpc) is 2.97. The number of hydrogen-bond donors (Lipinski definition) is 2. The van der Waals surface area contributed by atoms with Crippen LogP contribution in [0.3, 0.4) is 0 Å². The van der Waals surface area contributed by atoms with Gasteiger partial charge in [-0.15, -0.1) is 0 Å². The third kappa shape index (κ3) is 3.22. The second-order valence-corrected chi connectivity index (χ2v) is 5.91. The number of aromatic nitrogens is 1. The van der Waals surface area contributed by atoms with Crippen molar-refractivity contribution in [2.24, 2.45) is 7.05 Å². The molecule has 3 aromatic rings. The summed E-state index contributed by atoms with van der Waals surface area (Å²) in [7, 11) is 1.81. The van der Waals surface area contributed by atoms with Crippen molar-refractivity contribution >= 4 is 40.0 Å². The molecule has 0 aliphatic carbocycles. The number of nitro groups is 1. The summed E-state index contributed by atoms with van der Waals surface area (Å²) in [5.41, 5.74) is 5.38. The number of nitrogens with zero attached hydrogens (tertiary/aromatic N) is 2. The van der Waals surface area contributed by atoms with E-state index in [4.69, 9.17) is 11.6 Å². The molecule has 1 heterocycles. The number of para-hydroxylation sites is 1. The molecule has 0 aliphatic rings. The Hall–Kier alpha value is -3.39. The van der Waals surface area contributed by atoms with Crippen LogP contribution in [-0.4, -0.2) is 21.3 Å². The number of amides is 2. The zero-order valence-corrected chi connectivity index (χ0v) is 14.3. The molecule has 9 heteroatoms. The van der Waals surface area contributed by atoms with Crippen LogP contribution < -0.4 is 10.9 Å². The van der Waals surface area contributed by atoms with Gasteiger partial charge in [-0.1, -0.05) is 29.8 Å². The van der Waals surface area contributed by atoms with Crippen LogP contribution in [0.15, 0.2) is 48.7 Å². The van der Waals surface area contributed by atoms with E-state index in [0.717, 1.165) is 17.0 Å². The van der Waals surface area contributed by atoms with E-state index in [1.807, 2.05) is 12.1 Å². The Morgan fingerprint density at radius 1 is 1.08 bits per heavy atom. The number of hydrogen-bond acceptors (Lipinski definition) is 4. The molecule has 0 atom stereocenters. The largest absolute Gasteiger partial charge is 0.350 e. The molecule has 0 bridgehead atoms. The highest BCUT2D eigenvalue weighted by Crippen LogP contribution is 2.22. The Morgan fingerprint density at radius 3 is 2.42 bits per heavy atom. The number of benzene rings is 2. The quantitative estimate of drug-likeness (QED) is 0.544. The molecule has 132 valence electrons.